The van der Waals surface area contributed by atoms with Crippen LogP contribution >= 0.6 is 0 Å². The van der Waals surface area contributed by atoms with Crippen LogP contribution < -0.4 is 0 Å². The maximum Gasteiger partial charge on any atom is 0.525 e. The molecule has 0 saturated heterocycles. The molecule has 0 amide bonds. The Morgan fingerprint density at radius 2 is 1.60 bits per heavy atom. The van der Waals surface area contributed by atoms with Crippen molar-refractivity contribution in [2.24, 2.45) is 0 Å². The summed E-state index contributed by atoms with van der Waals surface area (Å²) in [4.78, 5) is 0. The van der Waals surface area contributed by atoms with E-state index in [1.807, 2.05) is 0 Å². The first kappa shape index (κ1) is 9.62. The van der Waals surface area contributed by atoms with E-state index in [1.54, 1.807) is 0 Å². The summed E-state index contributed by atoms with van der Waals surface area (Å²) >= 11 is 0. The topological polar surface area (TPSA) is 72.5 Å². The molecule has 0 heterocycles. The van der Waals surface area contributed by atoms with Gasteiger partial charge >= 0.3 is 15.6 Å². The number of hydrogen-bond acceptors (Lipinski definition) is 4. The summed E-state index contributed by atoms with van der Waals surface area (Å²) < 4.78 is 54.8. The highest BCUT2D eigenvalue weighted by Crippen LogP contribution is 2.24. The zero-order valence-electron chi connectivity index (χ0n) is 4.08. The average molecular weight is 181 g/mol. The summed E-state index contributed by atoms with van der Waals surface area (Å²) in [6, 6.07) is 0. The van der Waals surface area contributed by atoms with Gasteiger partial charge in [-0.2, -0.15) is 21.6 Å². The molecule has 0 bridgehead atoms. The molecule has 0 atom stereocenters. The van der Waals surface area contributed by atoms with Crippen molar-refractivity contribution in [1.82, 2.24) is 0 Å². The molecule has 10 heavy (non-hydrogen) atoms. The molecular weight excluding hydrogens is 181 g/mol. The van der Waals surface area contributed by atoms with Crippen LogP contribution in [0.5, 0.6) is 0 Å². The molecule has 0 saturated carbocycles. The van der Waals surface area contributed by atoms with Gasteiger partial charge < -0.3 is 0 Å². The quantitative estimate of drug-likeness (QED) is 0.344. The highest BCUT2D eigenvalue weighted by molar-refractivity contribution is 7.87. The van der Waals surface area contributed by atoms with E-state index >= 15 is 0 Å². The number of halogens is 3. The lowest BCUT2D eigenvalue weighted by atomic mass is 11.6. The van der Waals surface area contributed by atoms with E-state index in [2.05, 4.69) is 9.37 Å². The van der Waals surface area contributed by atoms with E-state index in [0.717, 1.165) is 0 Å². The van der Waals surface area contributed by atoms with Crippen molar-refractivity contribution in [1.29, 1.82) is 0 Å². The fraction of sp³-hybridized carbons (Fsp3) is 1.00. The zero-order valence-corrected chi connectivity index (χ0v) is 4.90. The van der Waals surface area contributed by atoms with Gasteiger partial charge in [-0.15, -0.1) is 0 Å². The second-order valence-corrected chi connectivity index (χ2v) is 2.54. The highest BCUT2D eigenvalue weighted by atomic mass is 32.2. The number of hydrogen-bond donors (Lipinski definition) is 0. The molecular formula is CF3O5S. The summed E-state index contributed by atoms with van der Waals surface area (Å²) in [5.41, 5.74) is -5.63. The molecule has 0 fully saturated rings. The van der Waals surface area contributed by atoms with Crippen molar-refractivity contribution in [2.75, 3.05) is 0 Å². The highest BCUT2D eigenvalue weighted by Gasteiger charge is 2.48. The van der Waals surface area contributed by atoms with Crippen molar-refractivity contribution < 1.29 is 36.2 Å². The monoisotopic (exact) mass is 181 g/mol. The standard InChI is InChI=1S/CF3O5S/c2-1(3,4)10(6,7)9-8-5. The van der Waals surface area contributed by atoms with Crippen LogP contribution in [0.25, 0.3) is 0 Å². The smallest absolute Gasteiger partial charge is 0.187 e. The molecule has 0 aromatic rings. The number of rotatable bonds is 2. The molecule has 0 aliphatic carbocycles. The van der Waals surface area contributed by atoms with Crippen molar-refractivity contribution in [3.05, 3.63) is 0 Å². The lowest BCUT2D eigenvalue weighted by molar-refractivity contribution is -0.481. The van der Waals surface area contributed by atoms with Crippen LogP contribution in [0.4, 0.5) is 13.2 Å². The molecule has 61 valence electrons. The first-order chi connectivity index (χ1) is 4.31. The Morgan fingerprint density at radius 1 is 1.20 bits per heavy atom. The molecule has 0 spiro atoms. The van der Waals surface area contributed by atoms with E-state index in [-0.39, 0.29) is 0 Å². The van der Waals surface area contributed by atoms with E-state index in [4.69, 9.17) is 5.26 Å². The molecule has 0 N–H and O–H groups in total. The summed E-state index contributed by atoms with van der Waals surface area (Å²) in [6.45, 7) is 0. The Kier molecular flexibility index (Phi) is 2.60. The minimum Gasteiger partial charge on any atom is -0.187 e. The van der Waals surface area contributed by atoms with Crippen LogP contribution in [0.3, 0.4) is 0 Å². The van der Waals surface area contributed by atoms with Crippen LogP contribution in [-0.4, -0.2) is 13.9 Å². The van der Waals surface area contributed by atoms with E-state index < -0.39 is 15.6 Å². The maximum absolute atomic E-state index is 11.1. The van der Waals surface area contributed by atoms with Crippen molar-refractivity contribution in [3.63, 3.8) is 0 Å². The SMILES string of the molecule is [O]OOS(=O)(=O)C(F)(F)F. The van der Waals surface area contributed by atoms with Crippen molar-refractivity contribution in [3.8, 4) is 0 Å². The lowest BCUT2D eigenvalue weighted by Gasteiger charge is -2.01. The first-order valence-electron chi connectivity index (χ1n) is 1.60. The van der Waals surface area contributed by atoms with Gasteiger partial charge in [0.05, 0.1) is 0 Å². The predicted octanol–water partition coefficient (Wildman–Crippen LogP) is 0.130. The molecule has 0 aromatic heterocycles. The van der Waals surface area contributed by atoms with Crippen LogP contribution in [-0.2, 0) is 24.7 Å². The largest absolute Gasteiger partial charge is 0.525 e. The fourth-order valence-corrected chi connectivity index (χ4v) is 0.225. The third-order valence-electron chi connectivity index (χ3n) is 0.401. The first-order valence-corrected chi connectivity index (χ1v) is 3.01. The summed E-state index contributed by atoms with van der Waals surface area (Å²) in [5, 5.41) is 10.9. The molecule has 0 unspecified atom stereocenters. The second kappa shape index (κ2) is 2.70. The Bertz CT molecular complexity index is 189. The van der Waals surface area contributed by atoms with Gasteiger partial charge in [-0.05, 0) is 10.3 Å². The van der Waals surface area contributed by atoms with Crippen LogP contribution in [0.2, 0.25) is 0 Å². The molecule has 9 heteroatoms. The molecule has 0 aliphatic heterocycles. The van der Waals surface area contributed by atoms with Crippen LogP contribution in [0.1, 0.15) is 0 Å². The summed E-state index contributed by atoms with van der Waals surface area (Å²) in [5.74, 6) is 0. The Balaban J connectivity index is 4.44. The fourth-order valence-electron chi connectivity index (χ4n) is 0.0751. The van der Waals surface area contributed by atoms with Gasteiger partial charge in [-0.3, -0.25) is 0 Å². The molecule has 0 aliphatic rings. The van der Waals surface area contributed by atoms with Gasteiger partial charge in [0.25, 0.3) is 0 Å². The van der Waals surface area contributed by atoms with Gasteiger partial charge in [-0.1, -0.05) is 4.33 Å². The summed E-state index contributed by atoms with van der Waals surface area (Å²) in [7, 11) is -5.88. The Morgan fingerprint density at radius 3 is 1.70 bits per heavy atom. The van der Waals surface area contributed by atoms with Gasteiger partial charge in [0.2, 0.25) is 0 Å². The average Bonchev–Trinajstić information content (AvgIpc) is 1.61. The van der Waals surface area contributed by atoms with Crippen LogP contribution in [0, 0.1) is 0 Å². The van der Waals surface area contributed by atoms with E-state index in [0.29, 0.717) is 0 Å². The third-order valence-corrected chi connectivity index (χ3v) is 1.20. The van der Waals surface area contributed by atoms with Gasteiger partial charge in [-0.25, -0.2) is 0 Å². The van der Waals surface area contributed by atoms with Gasteiger partial charge in [0.15, 0.2) is 0 Å². The van der Waals surface area contributed by atoms with Gasteiger partial charge in [0.1, 0.15) is 0 Å². The minimum absolute atomic E-state index is 2.08. The van der Waals surface area contributed by atoms with Crippen molar-refractivity contribution >= 4 is 10.1 Å². The Labute approximate surface area is 53.0 Å². The van der Waals surface area contributed by atoms with Crippen LogP contribution in [0.15, 0.2) is 0 Å². The lowest BCUT2D eigenvalue weighted by Crippen LogP contribution is -2.24. The van der Waals surface area contributed by atoms with Crippen molar-refractivity contribution in [2.45, 2.75) is 5.51 Å². The van der Waals surface area contributed by atoms with E-state index in [9.17, 15) is 21.6 Å². The third kappa shape index (κ3) is 2.10. The minimum atomic E-state index is -5.88. The van der Waals surface area contributed by atoms with E-state index in [1.165, 1.54) is 0 Å². The molecule has 0 rings (SSSR count). The normalized spacial score (nSPS) is 13.6. The zero-order chi connectivity index (χ0) is 8.41. The molecule has 0 aromatic carbocycles. The summed E-state index contributed by atoms with van der Waals surface area (Å²) in [6.07, 6.45) is 0. The van der Waals surface area contributed by atoms with Gasteiger partial charge in [0, 0.05) is 0 Å². The predicted molar refractivity (Wildman–Crippen MR) is 17.8 cm³/mol. The maximum atomic E-state index is 11.1. The second-order valence-electron chi connectivity index (χ2n) is 1.04. The molecule has 1 radical (unpaired) electrons. The Hall–Kier alpha value is -0.380. The molecule has 5 nitrogen and oxygen atoms in total. The number of alkyl halides is 3.